The van der Waals surface area contributed by atoms with Crippen molar-refractivity contribution >= 4 is 5.71 Å². The molecule has 0 unspecified atom stereocenters. The Hall–Kier alpha value is -5.01. The van der Waals surface area contributed by atoms with Crippen LogP contribution in [-0.2, 0) is 5.41 Å². The summed E-state index contributed by atoms with van der Waals surface area (Å²) in [6.45, 7) is 4.60. The van der Waals surface area contributed by atoms with Gasteiger partial charge in [0.2, 0.25) is 0 Å². The summed E-state index contributed by atoms with van der Waals surface area (Å²) in [7, 11) is 0. The minimum Gasteiger partial charge on any atom is -0.300 e. The van der Waals surface area contributed by atoms with Crippen molar-refractivity contribution in [2.24, 2.45) is 0 Å². The molecule has 0 atom stereocenters. The molecular formula is C40H31N. The Labute approximate surface area is 242 Å². The molecule has 0 fully saturated rings. The number of fused-ring (bicyclic) bond motifs is 3. The molecule has 6 aromatic carbocycles. The van der Waals surface area contributed by atoms with Crippen molar-refractivity contribution in [1.29, 1.82) is 5.41 Å². The quantitative estimate of drug-likeness (QED) is 0.217. The summed E-state index contributed by atoms with van der Waals surface area (Å²) in [6.07, 6.45) is 0. The van der Waals surface area contributed by atoms with Gasteiger partial charge in [0.25, 0.3) is 0 Å². The molecule has 41 heavy (non-hydrogen) atoms. The van der Waals surface area contributed by atoms with Crippen LogP contribution in [0.1, 0.15) is 36.1 Å². The molecular weight excluding hydrogens is 494 g/mol. The average Bonchev–Trinajstić information content (AvgIpc) is 3.27. The molecule has 0 amide bonds. The first-order chi connectivity index (χ1) is 20.0. The zero-order valence-corrected chi connectivity index (χ0v) is 23.4. The van der Waals surface area contributed by atoms with Gasteiger partial charge in [-0.1, -0.05) is 147 Å². The minimum absolute atomic E-state index is 0.0711. The van der Waals surface area contributed by atoms with Crippen LogP contribution in [0, 0.1) is 5.41 Å². The van der Waals surface area contributed by atoms with Gasteiger partial charge in [-0.15, -0.1) is 0 Å². The Morgan fingerprint density at radius 1 is 0.415 bits per heavy atom. The largest absolute Gasteiger partial charge is 0.300 e. The number of hydrogen-bond acceptors (Lipinski definition) is 1. The lowest BCUT2D eigenvalue weighted by molar-refractivity contribution is 0.660. The summed E-state index contributed by atoms with van der Waals surface area (Å²) in [5, 5.41) is 9.09. The molecule has 1 heteroatoms. The fourth-order valence-corrected chi connectivity index (χ4v) is 6.22. The first kappa shape index (κ1) is 25.0. The Balaban J connectivity index is 1.18. The topological polar surface area (TPSA) is 23.9 Å². The maximum Gasteiger partial charge on any atom is 0.0684 e. The summed E-state index contributed by atoms with van der Waals surface area (Å²) in [6, 6.07) is 51.5. The monoisotopic (exact) mass is 525 g/mol. The van der Waals surface area contributed by atoms with E-state index in [2.05, 4.69) is 153 Å². The van der Waals surface area contributed by atoms with Gasteiger partial charge in [-0.05, 0) is 67.8 Å². The molecule has 1 nitrogen and oxygen atoms in total. The van der Waals surface area contributed by atoms with E-state index in [4.69, 9.17) is 5.41 Å². The fourth-order valence-electron chi connectivity index (χ4n) is 6.22. The second-order valence-electron chi connectivity index (χ2n) is 11.4. The van der Waals surface area contributed by atoms with Gasteiger partial charge in [0, 0.05) is 16.5 Å². The second kappa shape index (κ2) is 9.87. The van der Waals surface area contributed by atoms with Gasteiger partial charge in [0.15, 0.2) is 0 Å². The molecule has 0 saturated heterocycles. The molecule has 0 aromatic heterocycles. The van der Waals surface area contributed by atoms with E-state index in [0.717, 1.165) is 16.7 Å². The van der Waals surface area contributed by atoms with Crippen LogP contribution in [0.25, 0.3) is 44.5 Å². The van der Waals surface area contributed by atoms with Crippen LogP contribution < -0.4 is 0 Å². The minimum atomic E-state index is -0.0711. The molecule has 7 rings (SSSR count). The lowest BCUT2D eigenvalue weighted by Gasteiger charge is -2.21. The number of benzene rings is 6. The van der Waals surface area contributed by atoms with Gasteiger partial charge in [0.1, 0.15) is 0 Å². The van der Waals surface area contributed by atoms with E-state index in [1.54, 1.807) is 0 Å². The zero-order valence-electron chi connectivity index (χ0n) is 23.4. The first-order valence-corrected chi connectivity index (χ1v) is 14.2. The summed E-state index contributed by atoms with van der Waals surface area (Å²) >= 11 is 0. The molecule has 1 N–H and O–H groups in total. The van der Waals surface area contributed by atoms with Crippen molar-refractivity contribution in [3.63, 3.8) is 0 Å². The highest BCUT2D eigenvalue weighted by Gasteiger charge is 2.35. The molecule has 1 aliphatic carbocycles. The standard InChI is InChI=1S/C40H31N/c1-40(2)37-23-21-33(28-11-7-4-8-12-28)25-35(37)36-26-34(22-24-38(36)40)39(41)32-19-17-31(18-20-32)30-15-13-29(14-16-30)27-9-5-3-6-10-27/h3-26,41H,1-2H3. The van der Waals surface area contributed by atoms with E-state index < -0.39 is 0 Å². The van der Waals surface area contributed by atoms with E-state index in [1.807, 2.05) is 6.07 Å². The third-order valence-electron chi connectivity index (χ3n) is 8.57. The van der Waals surface area contributed by atoms with E-state index in [9.17, 15) is 0 Å². The van der Waals surface area contributed by atoms with E-state index in [0.29, 0.717) is 5.71 Å². The maximum absolute atomic E-state index is 9.09. The van der Waals surface area contributed by atoms with Crippen molar-refractivity contribution in [2.45, 2.75) is 19.3 Å². The lowest BCUT2D eigenvalue weighted by atomic mass is 9.82. The van der Waals surface area contributed by atoms with Gasteiger partial charge < -0.3 is 0 Å². The molecule has 0 spiro atoms. The fraction of sp³-hybridized carbons (Fsp3) is 0.0750. The van der Waals surface area contributed by atoms with Crippen LogP contribution in [0.2, 0.25) is 0 Å². The third kappa shape index (κ3) is 4.40. The number of rotatable bonds is 5. The van der Waals surface area contributed by atoms with Gasteiger partial charge in [-0.25, -0.2) is 0 Å². The molecule has 0 saturated carbocycles. The van der Waals surface area contributed by atoms with Crippen LogP contribution in [0.5, 0.6) is 0 Å². The SMILES string of the molecule is CC1(C)c2ccc(C(=N)c3ccc(-c4ccc(-c5ccccc5)cc4)cc3)cc2-c2cc(-c3ccccc3)ccc21. The third-order valence-corrected chi connectivity index (χ3v) is 8.57. The van der Waals surface area contributed by atoms with Crippen molar-refractivity contribution < 1.29 is 0 Å². The van der Waals surface area contributed by atoms with E-state index in [1.165, 1.54) is 50.1 Å². The van der Waals surface area contributed by atoms with E-state index in [-0.39, 0.29) is 5.41 Å². The molecule has 6 aromatic rings. The molecule has 0 radical (unpaired) electrons. The Bertz CT molecular complexity index is 1880. The zero-order chi connectivity index (χ0) is 28.0. The second-order valence-corrected chi connectivity index (χ2v) is 11.4. The highest BCUT2D eigenvalue weighted by molar-refractivity contribution is 6.12. The van der Waals surface area contributed by atoms with E-state index >= 15 is 0 Å². The van der Waals surface area contributed by atoms with Crippen molar-refractivity contribution in [1.82, 2.24) is 0 Å². The highest BCUT2D eigenvalue weighted by Crippen LogP contribution is 2.50. The van der Waals surface area contributed by atoms with Crippen LogP contribution in [0.3, 0.4) is 0 Å². The Morgan fingerprint density at radius 3 is 1.37 bits per heavy atom. The predicted molar refractivity (Wildman–Crippen MR) is 173 cm³/mol. The van der Waals surface area contributed by atoms with Gasteiger partial charge >= 0.3 is 0 Å². The molecule has 196 valence electrons. The Morgan fingerprint density at radius 2 is 0.805 bits per heavy atom. The molecule has 0 aliphatic heterocycles. The smallest absolute Gasteiger partial charge is 0.0684 e. The summed E-state index contributed by atoms with van der Waals surface area (Å²) in [5.74, 6) is 0. The average molecular weight is 526 g/mol. The molecule has 0 bridgehead atoms. The van der Waals surface area contributed by atoms with Crippen molar-refractivity contribution in [2.75, 3.05) is 0 Å². The van der Waals surface area contributed by atoms with Crippen LogP contribution in [0.4, 0.5) is 0 Å². The van der Waals surface area contributed by atoms with Crippen molar-refractivity contribution in [3.05, 3.63) is 168 Å². The number of nitrogens with one attached hydrogen (secondary N) is 1. The predicted octanol–water partition coefficient (Wildman–Crippen LogP) is 10.4. The van der Waals surface area contributed by atoms with Crippen molar-refractivity contribution in [3.8, 4) is 44.5 Å². The van der Waals surface area contributed by atoms with Crippen LogP contribution in [-0.4, -0.2) is 5.71 Å². The molecule has 0 heterocycles. The first-order valence-electron chi connectivity index (χ1n) is 14.2. The van der Waals surface area contributed by atoms with Crippen LogP contribution >= 0.6 is 0 Å². The number of hydrogen-bond donors (Lipinski definition) is 1. The highest BCUT2D eigenvalue weighted by atomic mass is 14.4. The normalized spacial score (nSPS) is 12.9. The van der Waals surface area contributed by atoms with Crippen LogP contribution in [0.15, 0.2) is 146 Å². The maximum atomic E-state index is 9.09. The molecule has 1 aliphatic rings. The van der Waals surface area contributed by atoms with Gasteiger partial charge in [-0.3, -0.25) is 5.41 Å². The summed E-state index contributed by atoms with van der Waals surface area (Å²) < 4.78 is 0. The Kier molecular flexibility index (Phi) is 6.02. The van der Waals surface area contributed by atoms with Gasteiger partial charge in [-0.2, -0.15) is 0 Å². The van der Waals surface area contributed by atoms with Gasteiger partial charge in [0.05, 0.1) is 5.71 Å². The summed E-state index contributed by atoms with van der Waals surface area (Å²) in [5.41, 5.74) is 14.7. The lowest BCUT2D eigenvalue weighted by Crippen LogP contribution is -2.15. The summed E-state index contributed by atoms with van der Waals surface area (Å²) in [4.78, 5) is 0.